The summed E-state index contributed by atoms with van der Waals surface area (Å²) in [7, 11) is 0. The number of para-hydroxylation sites is 1. The molecule has 1 heterocycles. The average molecular weight is 418 g/mol. The van der Waals surface area contributed by atoms with Gasteiger partial charge in [-0.2, -0.15) is 5.10 Å². The normalized spacial score (nSPS) is 11.9. The lowest BCUT2D eigenvalue weighted by atomic mass is 10.0. The van der Waals surface area contributed by atoms with Crippen LogP contribution in [0.5, 0.6) is 5.75 Å². The van der Waals surface area contributed by atoms with E-state index < -0.39 is 0 Å². The number of benzene rings is 2. The lowest BCUT2D eigenvalue weighted by Gasteiger charge is -2.17. The largest absolute Gasteiger partial charge is 0.468 e. The van der Waals surface area contributed by atoms with Gasteiger partial charge in [-0.15, -0.1) is 0 Å². The van der Waals surface area contributed by atoms with Crippen LogP contribution >= 0.6 is 23.2 Å². The second kappa shape index (κ2) is 9.13. The zero-order valence-corrected chi connectivity index (χ0v) is 17.2. The SMILES string of the molecule is CCC(NC(=O)c1ccn(COc2c(Cl)cccc2Cl)n1)c1ccc(C)cc1. The van der Waals surface area contributed by atoms with Gasteiger partial charge in [0.2, 0.25) is 0 Å². The number of hydrogen-bond donors (Lipinski definition) is 1. The number of aromatic nitrogens is 2. The van der Waals surface area contributed by atoms with Gasteiger partial charge in [0.05, 0.1) is 16.1 Å². The Morgan fingerprint density at radius 3 is 2.46 bits per heavy atom. The van der Waals surface area contributed by atoms with Crippen LogP contribution in [0.1, 0.15) is 41.0 Å². The van der Waals surface area contributed by atoms with Crippen LogP contribution in [0.15, 0.2) is 54.7 Å². The highest BCUT2D eigenvalue weighted by Crippen LogP contribution is 2.32. The molecule has 7 heteroatoms. The molecular weight excluding hydrogens is 397 g/mol. The molecule has 1 N–H and O–H groups in total. The van der Waals surface area contributed by atoms with E-state index in [4.69, 9.17) is 27.9 Å². The van der Waals surface area contributed by atoms with E-state index in [0.29, 0.717) is 21.5 Å². The molecule has 0 bridgehead atoms. The molecule has 0 aliphatic carbocycles. The molecule has 0 radical (unpaired) electrons. The fourth-order valence-corrected chi connectivity index (χ4v) is 3.26. The van der Waals surface area contributed by atoms with Gasteiger partial charge in [-0.3, -0.25) is 4.79 Å². The van der Waals surface area contributed by atoms with Crippen molar-refractivity contribution in [3.63, 3.8) is 0 Å². The van der Waals surface area contributed by atoms with E-state index in [1.54, 1.807) is 30.5 Å². The molecular formula is C21H21Cl2N3O2. The molecule has 0 spiro atoms. The van der Waals surface area contributed by atoms with Crippen LogP contribution < -0.4 is 10.1 Å². The Morgan fingerprint density at radius 2 is 1.82 bits per heavy atom. The minimum absolute atomic E-state index is 0.0727. The van der Waals surface area contributed by atoms with Crippen molar-refractivity contribution in [2.45, 2.75) is 33.0 Å². The number of carbonyl (C=O) groups is 1. The Morgan fingerprint density at radius 1 is 1.14 bits per heavy atom. The van der Waals surface area contributed by atoms with Crippen molar-refractivity contribution in [1.82, 2.24) is 15.1 Å². The lowest BCUT2D eigenvalue weighted by Crippen LogP contribution is -2.28. The smallest absolute Gasteiger partial charge is 0.272 e. The van der Waals surface area contributed by atoms with Crippen molar-refractivity contribution in [3.8, 4) is 5.75 Å². The summed E-state index contributed by atoms with van der Waals surface area (Å²) in [6.07, 6.45) is 2.45. The molecule has 0 saturated carbocycles. The quantitative estimate of drug-likeness (QED) is 0.558. The van der Waals surface area contributed by atoms with Crippen LogP contribution in [0.4, 0.5) is 0 Å². The maximum atomic E-state index is 12.6. The minimum atomic E-state index is -0.234. The second-order valence-corrected chi connectivity index (χ2v) is 7.22. The fourth-order valence-electron chi connectivity index (χ4n) is 2.76. The number of ether oxygens (including phenoxy) is 1. The summed E-state index contributed by atoms with van der Waals surface area (Å²) in [5, 5.41) is 8.14. The molecule has 1 aromatic heterocycles. The molecule has 28 heavy (non-hydrogen) atoms. The highest BCUT2D eigenvalue weighted by Gasteiger charge is 2.16. The predicted octanol–water partition coefficient (Wildman–Crippen LogP) is 5.42. The van der Waals surface area contributed by atoms with Crippen molar-refractivity contribution in [2.75, 3.05) is 0 Å². The van der Waals surface area contributed by atoms with Crippen LogP contribution in [0.2, 0.25) is 10.0 Å². The molecule has 1 atom stereocenters. The van der Waals surface area contributed by atoms with Gasteiger partial charge in [0.25, 0.3) is 5.91 Å². The third kappa shape index (κ3) is 4.86. The monoisotopic (exact) mass is 417 g/mol. The first kappa shape index (κ1) is 20.2. The third-order valence-corrected chi connectivity index (χ3v) is 4.92. The summed E-state index contributed by atoms with van der Waals surface area (Å²) in [6, 6.07) is 14.8. The van der Waals surface area contributed by atoms with E-state index in [0.717, 1.165) is 12.0 Å². The number of carbonyl (C=O) groups excluding carboxylic acids is 1. The first-order valence-corrected chi connectivity index (χ1v) is 9.71. The number of aryl methyl sites for hydroxylation is 1. The number of nitrogens with one attached hydrogen (secondary N) is 1. The van der Waals surface area contributed by atoms with Gasteiger partial charge in [-0.1, -0.05) is 66.0 Å². The van der Waals surface area contributed by atoms with Crippen LogP contribution in [0, 0.1) is 6.92 Å². The Hall–Kier alpha value is -2.50. The van der Waals surface area contributed by atoms with Crippen molar-refractivity contribution in [2.24, 2.45) is 0 Å². The topological polar surface area (TPSA) is 56.2 Å². The van der Waals surface area contributed by atoms with Crippen LogP contribution in [0.25, 0.3) is 0 Å². The molecule has 5 nitrogen and oxygen atoms in total. The standard InChI is InChI=1S/C21H21Cl2N3O2/c1-3-18(15-9-7-14(2)8-10-15)24-21(27)19-11-12-26(25-19)13-28-20-16(22)5-4-6-17(20)23/h4-12,18H,3,13H2,1-2H3,(H,24,27). The van der Waals surface area contributed by atoms with Gasteiger partial charge in [0.1, 0.15) is 5.69 Å². The minimum Gasteiger partial charge on any atom is -0.468 e. The van der Waals surface area contributed by atoms with Gasteiger partial charge < -0.3 is 10.1 Å². The molecule has 3 rings (SSSR count). The van der Waals surface area contributed by atoms with E-state index in [2.05, 4.69) is 10.4 Å². The first-order chi connectivity index (χ1) is 13.5. The van der Waals surface area contributed by atoms with Crippen LogP contribution in [-0.2, 0) is 6.73 Å². The molecule has 146 valence electrons. The fraction of sp³-hybridized carbons (Fsp3) is 0.238. The number of rotatable bonds is 7. The highest BCUT2D eigenvalue weighted by molar-refractivity contribution is 6.37. The van der Waals surface area contributed by atoms with Gasteiger partial charge >= 0.3 is 0 Å². The molecule has 0 aliphatic rings. The highest BCUT2D eigenvalue weighted by atomic mass is 35.5. The summed E-state index contributed by atoms with van der Waals surface area (Å²) < 4.78 is 7.15. The average Bonchev–Trinajstić information content (AvgIpc) is 3.15. The summed E-state index contributed by atoms with van der Waals surface area (Å²) >= 11 is 12.2. The molecule has 1 amide bonds. The van der Waals surface area contributed by atoms with E-state index in [1.807, 2.05) is 38.1 Å². The third-order valence-electron chi connectivity index (χ3n) is 4.33. The van der Waals surface area contributed by atoms with Crippen LogP contribution in [-0.4, -0.2) is 15.7 Å². The zero-order chi connectivity index (χ0) is 20.1. The predicted molar refractivity (Wildman–Crippen MR) is 111 cm³/mol. The molecule has 0 fully saturated rings. The molecule has 0 saturated heterocycles. The number of halogens is 2. The van der Waals surface area contributed by atoms with Gasteiger partial charge in [-0.25, -0.2) is 4.68 Å². The zero-order valence-electron chi connectivity index (χ0n) is 15.7. The Balaban J connectivity index is 1.64. The Labute approximate surface area is 174 Å². The van der Waals surface area contributed by atoms with E-state index in [9.17, 15) is 4.79 Å². The van der Waals surface area contributed by atoms with Gasteiger partial charge in [0.15, 0.2) is 12.5 Å². The van der Waals surface area contributed by atoms with Crippen molar-refractivity contribution < 1.29 is 9.53 Å². The maximum Gasteiger partial charge on any atom is 0.272 e. The van der Waals surface area contributed by atoms with E-state index in [1.165, 1.54) is 10.2 Å². The Bertz CT molecular complexity index is 934. The van der Waals surface area contributed by atoms with Gasteiger partial charge in [-0.05, 0) is 37.1 Å². The lowest BCUT2D eigenvalue weighted by molar-refractivity contribution is 0.0928. The molecule has 1 unspecified atom stereocenters. The number of nitrogens with zero attached hydrogens (tertiary/aromatic N) is 2. The van der Waals surface area contributed by atoms with Crippen LogP contribution in [0.3, 0.4) is 0 Å². The molecule has 3 aromatic rings. The molecule has 2 aromatic carbocycles. The van der Waals surface area contributed by atoms with Crippen molar-refractivity contribution in [1.29, 1.82) is 0 Å². The van der Waals surface area contributed by atoms with Gasteiger partial charge in [0, 0.05) is 6.20 Å². The summed E-state index contributed by atoms with van der Waals surface area (Å²) in [4.78, 5) is 12.6. The Kier molecular flexibility index (Phi) is 6.60. The summed E-state index contributed by atoms with van der Waals surface area (Å²) in [5.41, 5.74) is 2.57. The second-order valence-electron chi connectivity index (χ2n) is 6.41. The van der Waals surface area contributed by atoms with Crippen molar-refractivity contribution in [3.05, 3.63) is 81.6 Å². The summed E-state index contributed by atoms with van der Waals surface area (Å²) in [5.74, 6) is 0.153. The summed E-state index contributed by atoms with van der Waals surface area (Å²) in [6.45, 7) is 4.16. The first-order valence-electron chi connectivity index (χ1n) is 8.95. The number of hydrogen-bond acceptors (Lipinski definition) is 3. The number of amides is 1. The van der Waals surface area contributed by atoms with E-state index in [-0.39, 0.29) is 18.7 Å². The van der Waals surface area contributed by atoms with Crippen molar-refractivity contribution >= 4 is 29.1 Å². The van der Waals surface area contributed by atoms with E-state index >= 15 is 0 Å². The molecule has 0 aliphatic heterocycles. The maximum absolute atomic E-state index is 12.6.